The number of carbonyl (C=O) groups is 1. The molecule has 1 aromatic heterocycles. The van der Waals surface area contributed by atoms with Gasteiger partial charge in [-0.15, -0.1) is 0 Å². The third kappa shape index (κ3) is 5.32. The van der Waals surface area contributed by atoms with Crippen molar-refractivity contribution in [2.45, 2.75) is 39.3 Å². The van der Waals surface area contributed by atoms with Crippen molar-refractivity contribution in [2.75, 3.05) is 13.2 Å². The SMILES string of the molecule is CCCC(CCO)CNC(=O)c1cnn(-c2cccc(C(F)(F)F)c2)c1C. The number of aliphatic hydroxyl groups excluding tert-OH is 1. The number of rotatable bonds is 8. The summed E-state index contributed by atoms with van der Waals surface area (Å²) >= 11 is 0. The van der Waals surface area contributed by atoms with Gasteiger partial charge >= 0.3 is 6.18 Å². The van der Waals surface area contributed by atoms with Gasteiger partial charge in [0.2, 0.25) is 0 Å². The van der Waals surface area contributed by atoms with Crippen molar-refractivity contribution in [3.63, 3.8) is 0 Å². The third-order valence-corrected chi connectivity index (χ3v) is 4.46. The third-order valence-electron chi connectivity index (χ3n) is 4.46. The number of hydrogen-bond acceptors (Lipinski definition) is 3. The second kappa shape index (κ2) is 9.03. The van der Waals surface area contributed by atoms with Crippen molar-refractivity contribution in [2.24, 2.45) is 5.92 Å². The predicted molar refractivity (Wildman–Crippen MR) is 95.7 cm³/mol. The van der Waals surface area contributed by atoms with E-state index in [1.807, 2.05) is 6.92 Å². The molecule has 27 heavy (non-hydrogen) atoms. The Balaban J connectivity index is 2.16. The molecule has 0 aliphatic heterocycles. The monoisotopic (exact) mass is 383 g/mol. The number of aromatic nitrogens is 2. The molecule has 2 aromatic rings. The van der Waals surface area contributed by atoms with Crippen molar-refractivity contribution in [1.29, 1.82) is 0 Å². The molecule has 0 spiro atoms. The van der Waals surface area contributed by atoms with Crippen molar-refractivity contribution in [1.82, 2.24) is 15.1 Å². The molecule has 0 radical (unpaired) electrons. The Bertz CT molecular complexity index is 766. The van der Waals surface area contributed by atoms with Crippen LogP contribution < -0.4 is 5.32 Å². The zero-order valence-electron chi connectivity index (χ0n) is 15.4. The van der Waals surface area contributed by atoms with Gasteiger partial charge in [0.25, 0.3) is 5.91 Å². The molecule has 0 fully saturated rings. The van der Waals surface area contributed by atoms with E-state index >= 15 is 0 Å². The normalized spacial score (nSPS) is 12.8. The van der Waals surface area contributed by atoms with E-state index in [-0.39, 0.29) is 24.1 Å². The maximum absolute atomic E-state index is 12.9. The Hall–Kier alpha value is -2.35. The standard InChI is InChI=1S/C19H24F3N3O2/c1-3-5-14(8-9-26)11-23-18(27)17-12-24-25(13(17)2)16-7-4-6-15(10-16)19(20,21)22/h4,6-7,10,12,14,26H,3,5,8-9,11H2,1-2H3,(H,23,27). The number of hydrogen-bond donors (Lipinski definition) is 2. The van der Waals surface area contributed by atoms with Gasteiger partial charge < -0.3 is 10.4 Å². The largest absolute Gasteiger partial charge is 0.416 e. The van der Waals surface area contributed by atoms with Crippen LogP contribution in [0.15, 0.2) is 30.5 Å². The first-order valence-corrected chi connectivity index (χ1v) is 8.89. The van der Waals surface area contributed by atoms with Gasteiger partial charge in [-0.05, 0) is 43.9 Å². The maximum Gasteiger partial charge on any atom is 0.416 e. The van der Waals surface area contributed by atoms with Gasteiger partial charge in [0.15, 0.2) is 0 Å². The Kier molecular flexibility index (Phi) is 7.01. The van der Waals surface area contributed by atoms with E-state index in [2.05, 4.69) is 10.4 Å². The number of carbonyl (C=O) groups excluding carboxylic acids is 1. The Morgan fingerprint density at radius 2 is 2.07 bits per heavy atom. The summed E-state index contributed by atoms with van der Waals surface area (Å²) in [4.78, 5) is 12.4. The molecule has 2 rings (SSSR count). The van der Waals surface area contributed by atoms with E-state index in [1.165, 1.54) is 23.0 Å². The summed E-state index contributed by atoms with van der Waals surface area (Å²) in [6.45, 7) is 4.17. The van der Waals surface area contributed by atoms with E-state index in [4.69, 9.17) is 5.11 Å². The van der Waals surface area contributed by atoms with Crippen LogP contribution in [0, 0.1) is 12.8 Å². The first kappa shape index (κ1) is 21.0. The van der Waals surface area contributed by atoms with Crippen molar-refractivity contribution >= 4 is 5.91 Å². The minimum Gasteiger partial charge on any atom is -0.396 e. The van der Waals surface area contributed by atoms with Crippen molar-refractivity contribution in [3.05, 3.63) is 47.3 Å². The molecule has 0 saturated heterocycles. The summed E-state index contributed by atoms with van der Waals surface area (Å²) in [5.74, 6) is -0.146. The molecule has 0 aliphatic carbocycles. The number of amides is 1. The number of alkyl halides is 3. The molecule has 1 aromatic carbocycles. The van der Waals surface area contributed by atoms with Gasteiger partial charge in [0.05, 0.1) is 28.7 Å². The lowest BCUT2D eigenvalue weighted by atomic mass is 10.00. The second-order valence-electron chi connectivity index (χ2n) is 6.48. The molecule has 2 N–H and O–H groups in total. The van der Waals surface area contributed by atoms with Crippen LogP contribution in [-0.4, -0.2) is 33.9 Å². The Morgan fingerprint density at radius 3 is 2.70 bits per heavy atom. The second-order valence-corrected chi connectivity index (χ2v) is 6.48. The topological polar surface area (TPSA) is 67.2 Å². The molecular formula is C19H24F3N3O2. The molecule has 0 aliphatic rings. The molecule has 0 bridgehead atoms. The molecule has 1 heterocycles. The highest BCUT2D eigenvalue weighted by Gasteiger charge is 2.30. The van der Waals surface area contributed by atoms with Crippen molar-refractivity contribution < 1.29 is 23.1 Å². The number of aliphatic hydroxyl groups is 1. The quantitative estimate of drug-likeness (QED) is 0.730. The fraction of sp³-hybridized carbons (Fsp3) is 0.474. The summed E-state index contributed by atoms with van der Waals surface area (Å²) in [7, 11) is 0. The number of nitrogens with zero attached hydrogens (tertiary/aromatic N) is 2. The number of halogens is 3. The van der Waals surface area contributed by atoms with Crippen LogP contribution in [0.2, 0.25) is 0 Å². The Labute approximate surface area is 156 Å². The zero-order chi connectivity index (χ0) is 20.0. The van der Waals surface area contributed by atoms with E-state index in [9.17, 15) is 18.0 Å². The predicted octanol–water partition coefficient (Wildman–Crippen LogP) is 3.73. The summed E-state index contributed by atoms with van der Waals surface area (Å²) in [5, 5.41) is 16.0. The fourth-order valence-corrected chi connectivity index (χ4v) is 2.98. The van der Waals surface area contributed by atoms with Crippen LogP contribution in [0.25, 0.3) is 5.69 Å². The van der Waals surface area contributed by atoms with Gasteiger partial charge in [0.1, 0.15) is 0 Å². The minimum atomic E-state index is -4.45. The summed E-state index contributed by atoms with van der Waals surface area (Å²) in [6.07, 6.45) is -0.642. The molecule has 5 nitrogen and oxygen atoms in total. The van der Waals surface area contributed by atoms with E-state index in [1.54, 1.807) is 6.92 Å². The lowest BCUT2D eigenvalue weighted by Gasteiger charge is -2.15. The average molecular weight is 383 g/mol. The van der Waals surface area contributed by atoms with E-state index in [0.717, 1.165) is 25.0 Å². The summed E-state index contributed by atoms with van der Waals surface area (Å²) < 4.78 is 40.0. The van der Waals surface area contributed by atoms with Gasteiger partial charge in [-0.1, -0.05) is 19.4 Å². The smallest absolute Gasteiger partial charge is 0.396 e. The van der Waals surface area contributed by atoms with Crippen LogP contribution in [0.1, 0.15) is 47.8 Å². The van der Waals surface area contributed by atoms with Gasteiger partial charge in [0, 0.05) is 13.2 Å². The molecule has 148 valence electrons. The first-order valence-electron chi connectivity index (χ1n) is 8.89. The van der Waals surface area contributed by atoms with Crippen LogP contribution in [-0.2, 0) is 6.18 Å². The average Bonchev–Trinajstić information content (AvgIpc) is 3.01. The summed E-state index contributed by atoms with van der Waals surface area (Å²) in [6, 6.07) is 4.81. The van der Waals surface area contributed by atoms with Crippen LogP contribution in [0.3, 0.4) is 0 Å². The lowest BCUT2D eigenvalue weighted by molar-refractivity contribution is -0.137. The lowest BCUT2D eigenvalue weighted by Crippen LogP contribution is -2.30. The van der Waals surface area contributed by atoms with Gasteiger partial charge in [-0.2, -0.15) is 18.3 Å². The zero-order valence-corrected chi connectivity index (χ0v) is 15.4. The van der Waals surface area contributed by atoms with Gasteiger partial charge in [-0.25, -0.2) is 4.68 Å². The molecular weight excluding hydrogens is 359 g/mol. The molecule has 1 atom stereocenters. The number of benzene rings is 1. The maximum atomic E-state index is 12.9. The van der Waals surface area contributed by atoms with Crippen LogP contribution >= 0.6 is 0 Å². The number of nitrogens with one attached hydrogen (secondary N) is 1. The van der Waals surface area contributed by atoms with E-state index in [0.29, 0.717) is 24.2 Å². The highest BCUT2D eigenvalue weighted by atomic mass is 19.4. The first-order chi connectivity index (χ1) is 12.8. The fourth-order valence-electron chi connectivity index (χ4n) is 2.98. The molecule has 8 heteroatoms. The Morgan fingerprint density at radius 1 is 1.33 bits per heavy atom. The minimum absolute atomic E-state index is 0.0625. The van der Waals surface area contributed by atoms with Crippen LogP contribution in [0.5, 0.6) is 0 Å². The summed E-state index contributed by atoms with van der Waals surface area (Å²) in [5.41, 5.74) is 0.241. The van der Waals surface area contributed by atoms with E-state index < -0.39 is 11.7 Å². The van der Waals surface area contributed by atoms with Gasteiger partial charge in [-0.3, -0.25) is 4.79 Å². The van der Waals surface area contributed by atoms with Crippen LogP contribution in [0.4, 0.5) is 13.2 Å². The molecule has 1 amide bonds. The highest BCUT2D eigenvalue weighted by molar-refractivity contribution is 5.95. The molecule has 1 unspecified atom stereocenters. The van der Waals surface area contributed by atoms with Crippen molar-refractivity contribution in [3.8, 4) is 5.69 Å². The molecule has 0 saturated carbocycles. The highest BCUT2D eigenvalue weighted by Crippen LogP contribution is 2.30.